The lowest BCUT2D eigenvalue weighted by Gasteiger charge is -2.50. The fourth-order valence-electron chi connectivity index (χ4n) is 7.51. The van der Waals surface area contributed by atoms with Crippen molar-refractivity contribution < 1.29 is 36.5 Å². The third-order valence-corrected chi connectivity index (χ3v) is 10.0. The highest BCUT2D eigenvalue weighted by molar-refractivity contribution is 6.36. The summed E-state index contributed by atoms with van der Waals surface area (Å²) in [5.41, 5.74) is 1.22. The fourth-order valence-corrected chi connectivity index (χ4v) is 7.83. The van der Waals surface area contributed by atoms with E-state index in [1.165, 1.54) is 6.92 Å². The molecular weight excluding hydrogens is 611 g/mol. The van der Waals surface area contributed by atoms with Gasteiger partial charge in [-0.1, -0.05) is 11.6 Å². The average molecular weight is 641 g/mol. The van der Waals surface area contributed by atoms with Crippen molar-refractivity contribution in [2.24, 2.45) is 0 Å². The minimum Gasteiger partial charge on any atom is -0.489 e. The van der Waals surface area contributed by atoms with Gasteiger partial charge in [-0.25, -0.2) is 13.8 Å². The SMILES string of the molecule is Cc1cc(N)nc(-c2c(Cl)c3c4c(nc(OC[C@@]56CCCN5C[C@H](F)C6)nc4c2F)N(C)C2(CO3)CC(O)C2)c1C(F)(F)F. The van der Waals surface area contributed by atoms with Crippen molar-refractivity contribution in [1.29, 1.82) is 0 Å². The van der Waals surface area contributed by atoms with Crippen LogP contribution in [0.25, 0.3) is 22.2 Å². The molecule has 1 spiro atoms. The number of anilines is 2. The van der Waals surface area contributed by atoms with E-state index in [1.54, 1.807) is 11.9 Å². The molecule has 4 aliphatic rings. The van der Waals surface area contributed by atoms with Gasteiger partial charge in [-0.15, -0.1) is 0 Å². The van der Waals surface area contributed by atoms with E-state index in [1.807, 2.05) is 4.90 Å². The summed E-state index contributed by atoms with van der Waals surface area (Å²) in [4.78, 5) is 16.6. The number of rotatable bonds is 4. The molecule has 0 unspecified atom stereocenters. The molecule has 9 nitrogen and oxygen atoms in total. The number of nitrogens with two attached hydrogens (primary N) is 1. The Balaban J connectivity index is 1.44. The number of fused-ring (bicyclic) bond motifs is 1. The first-order valence-corrected chi connectivity index (χ1v) is 14.7. The van der Waals surface area contributed by atoms with Gasteiger partial charge in [-0.2, -0.15) is 23.1 Å². The minimum absolute atomic E-state index is 0.0154. The van der Waals surface area contributed by atoms with E-state index >= 15 is 4.39 Å². The second-order valence-electron chi connectivity index (χ2n) is 12.5. The van der Waals surface area contributed by atoms with Gasteiger partial charge in [0.15, 0.2) is 11.6 Å². The number of nitrogen functional groups attached to an aromatic ring is 1. The zero-order chi connectivity index (χ0) is 31.3. The molecular formula is C29H30ClF5N6O3. The topological polar surface area (TPSA) is 110 Å². The Hall–Kier alpha value is -3.23. The first-order chi connectivity index (χ1) is 20.7. The average Bonchev–Trinajstić information content (AvgIpc) is 3.40. The third kappa shape index (κ3) is 4.35. The summed E-state index contributed by atoms with van der Waals surface area (Å²) in [7, 11) is 1.71. The number of aliphatic hydroxyl groups excluding tert-OH is 1. The van der Waals surface area contributed by atoms with Crippen molar-refractivity contribution in [1.82, 2.24) is 19.9 Å². The molecule has 0 amide bonds. The van der Waals surface area contributed by atoms with Gasteiger partial charge >= 0.3 is 12.2 Å². The lowest BCUT2D eigenvalue weighted by Crippen LogP contribution is -2.61. The van der Waals surface area contributed by atoms with Crippen LogP contribution < -0.4 is 20.1 Å². The molecule has 3 fully saturated rings. The quantitative estimate of drug-likeness (QED) is 0.378. The number of benzene rings is 1. The molecule has 0 bridgehead atoms. The molecule has 15 heteroatoms. The first-order valence-electron chi connectivity index (χ1n) is 14.4. The van der Waals surface area contributed by atoms with E-state index in [0.29, 0.717) is 25.8 Å². The summed E-state index contributed by atoms with van der Waals surface area (Å²) >= 11 is 6.72. The number of nitrogens with zero attached hydrogens (tertiary/aromatic N) is 5. The third-order valence-electron chi connectivity index (χ3n) is 9.68. The standard InChI is InChI=1S/C29H30ClF5N6O3/c1-13-6-16(36)37-22(19(13)29(33,34)35)17-20(30)24-18-23(21(17)32)38-26(44-11-27-4-3-5-41(27)10-14(31)7-27)39-25(18)40(2)28(12-43-24)8-15(42)9-28/h6,14-15,42H,3-5,7-12H2,1-2H3,(H2,36,37)/t14-,15?,27+,28?/m1/s1. The molecule has 2 saturated heterocycles. The first kappa shape index (κ1) is 29.5. The predicted octanol–water partition coefficient (Wildman–Crippen LogP) is 5.07. The van der Waals surface area contributed by atoms with Crippen molar-refractivity contribution in [3.63, 3.8) is 0 Å². The maximum Gasteiger partial charge on any atom is 0.418 e. The number of ether oxygens (including phenoxy) is 2. The fraction of sp³-hybridized carbons (Fsp3) is 0.552. The van der Waals surface area contributed by atoms with Crippen LogP contribution in [0.5, 0.6) is 11.8 Å². The van der Waals surface area contributed by atoms with Crippen LogP contribution in [0.15, 0.2) is 6.07 Å². The van der Waals surface area contributed by atoms with Crippen molar-refractivity contribution in [3.05, 3.63) is 28.0 Å². The number of likely N-dealkylation sites (N-methyl/N-ethyl adjacent to an activating group) is 1. The Bertz CT molecular complexity index is 1690. The second-order valence-corrected chi connectivity index (χ2v) is 12.8. The van der Waals surface area contributed by atoms with E-state index in [2.05, 4.69) is 15.0 Å². The number of halogens is 6. The zero-order valence-electron chi connectivity index (χ0n) is 23.9. The summed E-state index contributed by atoms with van der Waals surface area (Å²) < 4.78 is 86.3. The van der Waals surface area contributed by atoms with Crippen molar-refractivity contribution in [2.75, 3.05) is 44.0 Å². The summed E-state index contributed by atoms with van der Waals surface area (Å²) in [6.45, 7) is 2.26. The number of pyridine rings is 1. The van der Waals surface area contributed by atoms with Crippen LogP contribution in [0.2, 0.25) is 5.02 Å². The summed E-state index contributed by atoms with van der Waals surface area (Å²) in [6, 6.07) is 0.819. The highest BCUT2D eigenvalue weighted by Gasteiger charge is 2.52. The predicted molar refractivity (Wildman–Crippen MR) is 152 cm³/mol. The molecule has 1 aliphatic carbocycles. The highest BCUT2D eigenvalue weighted by Crippen LogP contribution is 2.53. The lowest BCUT2D eigenvalue weighted by atomic mass is 9.73. The Kier molecular flexibility index (Phi) is 6.62. The number of aromatic nitrogens is 3. The van der Waals surface area contributed by atoms with Crippen molar-refractivity contribution in [2.45, 2.75) is 68.6 Å². The zero-order valence-corrected chi connectivity index (χ0v) is 24.7. The largest absolute Gasteiger partial charge is 0.489 e. The van der Waals surface area contributed by atoms with Gasteiger partial charge in [0, 0.05) is 32.9 Å². The Morgan fingerprint density at radius 1 is 1.23 bits per heavy atom. The van der Waals surface area contributed by atoms with Crippen LogP contribution in [-0.2, 0) is 6.18 Å². The van der Waals surface area contributed by atoms with Gasteiger partial charge < -0.3 is 25.2 Å². The number of alkyl halides is 4. The Labute approximate surface area is 254 Å². The molecule has 3 aliphatic heterocycles. The van der Waals surface area contributed by atoms with Crippen LogP contribution in [0, 0.1) is 12.7 Å². The molecule has 3 N–H and O–H groups in total. The normalized spacial score (nSPS) is 28.2. The lowest BCUT2D eigenvalue weighted by molar-refractivity contribution is -0.137. The molecule has 5 heterocycles. The summed E-state index contributed by atoms with van der Waals surface area (Å²) in [5.74, 6) is -1.38. The number of hydrogen-bond acceptors (Lipinski definition) is 9. The molecule has 0 radical (unpaired) electrons. The van der Waals surface area contributed by atoms with Crippen molar-refractivity contribution >= 4 is 34.1 Å². The minimum atomic E-state index is -4.92. The molecule has 44 heavy (non-hydrogen) atoms. The van der Waals surface area contributed by atoms with E-state index in [4.69, 9.17) is 26.8 Å². The van der Waals surface area contributed by atoms with Crippen LogP contribution in [0.4, 0.5) is 33.6 Å². The monoisotopic (exact) mass is 640 g/mol. The van der Waals surface area contributed by atoms with Crippen LogP contribution in [0.1, 0.15) is 43.2 Å². The summed E-state index contributed by atoms with van der Waals surface area (Å²) in [6.07, 6.45) is -4.07. The van der Waals surface area contributed by atoms with E-state index < -0.39 is 57.2 Å². The van der Waals surface area contributed by atoms with Gasteiger partial charge in [-0.05, 0) is 37.9 Å². The van der Waals surface area contributed by atoms with Crippen LogP contribution in [0.3, 0.4) is 0 Å². The van der Waals surface area contributed by atoms with Gasteiger partial charge in [0.2, 0.25) is 0 Å². The van der Waals surface area contributed by atoms with Gasteiger partial charge in [-0.3, -0.25) is 4.90 Å². The molecule has 2 aromatic heterocycles. The van der Waals surface area contributed by atoms with Crippen molar-refractivity contribution in [3.8, 4) is 23.0 Å². The molecule has 1 saturated carbocycles. The molecule has 1 aromatic carbocycles. The Morgan fingerprint density at radius 3 is 2.68 bits per heavy atom. The Morgan fingerprint density at radius 2 is 1.98 bits per heavy atom. The molecule has 2 atom stereocenters. The maximum atomic E-state index is 16.7. The van der Waals surface area contributed by atoms with E-state index in [0.717, 1.165) is 19.0 Å². The molecule has 7 rings (SSSR count). The van der Waals surface area contributed by atoms with Gasteiger partial charge in [0.25, 0.3) is 0 Å². The van der Waals surface area contributed by atoms with E-state index in [9.17, 15) is 22.7 Å². The molecule has 236 valence electrons. The van der Waals surface area contributed by atoms with Gasteiger partial charge in [0.05, 0.1) is 44.4 Å². The van der Waals surface area contributed by atoms with Crippen LogP contribution >= 0.6 is 11.6 Å². The van der Waals surface area contributed by atoms with E-state index in [-0.39, 0.29) is 59.5 Å². The number of aryl methyl sites for hydroxylation is 1. The second kappa shape index (κ2) is 9.88. The number of hydrogen-bond donors (Lipinski definition) is 2. The van der Waals surface area contributed by atoms with Gasteiger partial charge in [0.1, 0.15) is 36.5 Å². The summed E-state index contributed by atoms with van der Waals surface area (Å²) in [5, 5.41) is 9.82. The highest BCUT2D eigenvalue weighted by atomic mass is 35.5. The van der Waals surface area contributed by atoms with Crippen LogP contribution in [-0.4, -0.2) is 81.7 Å². The maximum absolute atomic E-state index is 16.7. The smallest absolute Gasteiger partial charge is 0.418 e. The molecule has 3 aromatic rings. The number of aliphatic hydroxyl groups is 1.